The van der Waals surface area contributed by atoms with Crippen molar-refractivity contribution < 1.29 is 19.1 Å². The van der Waals surface area contributed by atoms with Gasteiger partial charge in [0.25, 0.3) is 5.91 Å². The molecule has 1 saturated heterocycles. The fourth-order valence-electron chi connectivity index (χ4n) is 1.66. The van der Waals surface area contributed by atoms with Crippen LogP contribution in [-0.2, 0) is 14.3 Å². The monoisotopic (exact) mass is 255 g/mol. The number of nitrogens with zero attached hydrogens (tertiary/aromatic N) is 1. The molecule has 1 aliphatic heterocycles. The van der Waals surface area contributed by atoms with Gasteiger partial charge in [0.15, 0.2) is 6.10 Å². The van der Waals surface area contributed by atoms with Crippen molar-refractivity contribution in [3.8, 4) is 0 Å². The molecule has 0 radical (unpaired) electrons. The molecule has 2 rings (SSSR count). The van der Waals surface area contributed by atoms with Crippen molar-refractivity contribution in [1.82, 2.24) is 4.90 Å². The second-order valence-corrected chi connectivity index (χ2v) is 4.56. The number of carbonyl (C=O) groups excluding carboxylic acids is 2. The summed E-state index contributed by atoms with van der Waals surface area (Å²) in [7, 11) is 1.31. The lowest BCUT2D eigenvalue weighted by Crippen LogP contribution is -2.48. The third kappa shape index (κ3) is 2.65. The zero-order valence-corrected chi connectivity index (χ0v) is 10.2. The van der Waals surface area contributed by atoms with Crippen LogP contribution in [-0.4, -0.2) is 49.7 Å². The maximum absolute atomic E-state index is 12.0. The van der Waals surface area contributed by atoms with Gasteiger partial charge >= 0.3 is 5.97 Å². The molecule has 1 unspecified atom stereocenters. The van der Waals surface area contributed by atoms with Crippen molar-refractivity contribution in [2.45, 2.75) is 6.10 Å². The molecule has 0 saturated carbocycles. The summed E-state index contributed by atoms with van der Waals surface area (Å²) >= 11 is 1.39. The highest BCUT2D eigenvalue weighted by atomic mass is 32.1. The van der Waals surface area contributed by atoms with E-state index < -0.39 is 12.1 Å². The second kappa shape index (κ2) is 5.29. The highest BCUT2D eigenvalue weighted by molar-refractivity contribution is 7.12. The minimum atomic E-state index is -0.669. The molecule has 0 N–H and O–H groups in total. The normalized spacial score (nSPS) is 20.1. The van der Waals surface area contributed by atoms with E-state index >= 15 is 0 Å². The summed E-state index contributed by atoms with van der Waals surface area (Å²) in [5, 5.41) is 1.85. The van der Waals surface area contributed by atoms with Crippen LogP contribution >= 0.6 is 11.3 Å². The first-order valence-corrected chi connectivity index (χ1v) is 6.12. The number of amides is 1. The summed E-state index contributed by atoms with van der Waals surface area (Å²) in [6.07, 6.45) is -0.669. The lowest BCUT2D eigenvalue weighted by atomic mass is 10.2. The van der Waals surface area contributed by atoms with Gasteiger partial charge in [0.05, 0.1) is 25.1 Å². The smallest absolute Gasteiger partial charge is 0.336 e. The number of carbonyl (C=O) groups is 2. The first-order valence-electron chi connectivity index (χ1n) is 5.24. The lowest BCUT2D eigenvalue weighted by Gasteiger charge is -2.31. The number of hydrogen-bond acceptors (Lipinski definition) is 5. The van der Waals surface area contributed by atoms with Crippen LogP contribution in [0.25, 0.3) is 0 Å². The van der Waals surface area contributed by atoms with Gasteiger partial charge < -0.3 is 14.4 Å². The van der Waals surface area contributed by atoms with Gasteiger partial charge in [-0.05, 0) is 11.4 Å². The maximum Gasteiger partial charge on any atom is 0.336 e. The molecule has 0 aliphatic carbocycles. The Morgan fingerprint density at radius 3 is 3.06 bits per heavy atom. The van der Waals surface area contributed by atoms with Gasteiger partial charge in [-0.1, -0.05) is 6.07 Å². The molecule has 1 amide bonds. The highest BCUT2D eigenvalue weighted by Gasteiger charge is 2.30. The third-order valence-corrected chi connectivity index (χ3v) is 3.41. The van der Waals surface area contributed by atoms with E-state index in [2.05, 4.69) is 4.74 Å². The number of rotatable bonds is 2. The molecule has 1 fully saturated rings. The van der Waals surface area contributed by atoms with E-state index in [4.69, 9.17) is 4.74 Å². The van der Waals surface area contributed by atoms with Crippen LogP contribution in [0.1, 0.15) is 9.67 Å². The quantitative estimate of drug-likeness (QED) is 0.732. The fourth-order valence-corrected chi connectivity index (χ4v) is 2.35. The third-order valence-electron chi connectivity index (χ3n) is 2.55. The summed E-state index contributed by atoms with van der Waals surface area (Å²) in [6, 6.07) is 3.60. The Kier molecular flexibility index (Phi) is 3.75. The van der Waals surface area contributed by atoms with E-state index in [1.54, 1.807) is 11.0 Å². The summed E-state index contributed by atoms with van der Waals surface area (Å²) in [5.41, 5.74) is 0. The molecule has 17 heavy (non-hydrogen) atoms. The SMILES string of the molecule is COC(=O)C1CN(C(=O)c2cccs2)CCO1. The Morgan fingerprint density at radius 2 is 2.41 bits per heavy atom. The standard InChI is InChI=1S/C11H13NO4S/c1-15-11(14)8-7-12(4-5-16-8)10(13)9-3-2-6-17-9/h2-3,6,8H,4-5,7H2,1H3. The van der Waals surface area contributed by atoms with Crippen LogP contribution in [0.4, 0.5) is 0 Å². The van der Waals surface area contributed by atoms with Crippen molar-refractivity contribution in [3.63, 3.8) is 0 Å². The van der Waals surface area contributed by atoms with Gasteiger partial charge in [-0.2, -0.15) is 0 Å². The minimum Gasteiger partial charge on any atom is -0.467 e. The number of ether oxygens (including phenoxy) is 2. The first-order chi connectivity index (χ1) is 8.22. The van der Waals surface area contributed by atoms with Crippen LogP contribution in [0, 0.1) is 0 Å². The summed E-state index contributed by atoms with van der Waals surface area (Å²) in [6.45, 7) is 1.12. The largest absolute Gasteiger partial charge is 0.467 e. The Balaban J connectivity index is 2.02. The van der Waals surface area contributed by atoms with Crippen molar-refractivity contribution >= 4 is 23.2 Å². The molecule has 5 nitrogen and oxygen atoms in total. The molecule has 1 aromatic rings. The van der Waals surface area contributed by atoms with E-state index in [0.29, 0.717) is 18.0 Å². The molecule has 0 aromatic carbocycles. The molecule has 2 heterocycles. The zero-order valence-electron chi connectivity index (χ0n) is 9.42. The van der Waals surface area contributed by atoms with Gasteiger partial charge in [-0.3, -0.25) is 4.79 Å². The summed E-state index contributed by atoms with van der Waals surface area (Å²) in [5.74, 6) is -0.495. The van der Waals surface area contributed by atoms with E-state index in [1.807, 2.05) is 11.4 Å². The number of morpholine rings is 1. The Hall–Kier alpha value is -1.40. The number of methoxy groups -OCH3 is 1. The second-order valence-electron chi connectivity index (χ2n) is 3.61. The number of hydrogen-bond donors (Lipinski definition) is 0. The van der Waals surface area contributed by atoms with Gasteiger partial charge in [-0.25, -0.2) is 4.79 Å². The molecule has 1 aromatic heterocycles. The minimum absolute atomic E-state index is 0.0581. The molecule has 0 bridgehead atoms. The zero-order chi connectivity index (χ0) is 12.3. The van der Waals surface area contributed by atoms with E-state index in [0.717, 1.165) is 0 Å². The van der Waals surface area contributed by atoms with Crippen LogP contribution in [0.2, 0.25) is 0 Å². The van der Waals surface area contributed by atoms with Crippen molar-refractivity contribution in [1.29, 1.82) is 0 Å². The van der Waals surface area contributed by atoms with E-state index in [1.165, 1.54) is 18.4 Å². The first kappa shape index (κ1) is 12.1. The van der Waals surface area contributed by atoms with Gasteiger partial charge in [-0.15, -0.1) is 11.3 Å². The van der Waals surface area contributed by atoms with Crippen LogP contribution < -0.4 is 0 Å². The Morgan fingerprint density at radius 1 is 1.59 bits per heavy atom. The molecular formula is C11H13NO4S. The molecule has 1 aliphatic rings. The van der Waals surface area contributed by atoms with Crippen molar-refractivity contribution in [3.05, 3.63) is 22.4 Å². The van der Waals surface area contributed by atoms with Crippen molar-refractivity contribution in [2.75, 3.05) is 26.8 Å². The fraction of sp³-hybridized carbons (Fsp3) is 0.455. The number of thiophene rings is 1. The maximum atomic E-state index is 12.0. The molecule has 1 atom stereocenters. The van der Waals surface area contributed by atoms with Crippen LogP contribution in [0.15, 0.2) is 17.5 Å². The number of esters is 1. The molecule has 6 heteroatoms. The van der Waals surface area contributed by atoms with Crippen LogP contribution in [0.3, 0.4) is 0 Å². The average Bonchev–Trinajstić information content (AvgIpc) is 2.91. The predicted octanol–water partition coefficient (Wildman–Crippen LogP) is 0.762. The van der Waals surface area contributed by atoms with Gasteiger partial charge in [0, 0.05) is 6.54 Å². The Bertz CT molecular complexity index is 404. The summed E-state index contributed by atoms with van der Waals surface area (Å²) < 4.78 is 9.87. The molecular weight excluding hydrogens is 242 g/mol. The summed E-state index contributed by atoms with van der Waals surface area (Å²) in [4.78, 5) is 25.7. The average molecular weight is 255 g/mol. The van der Waals surface area contributed by atoms with Gasteiger partial charge in [0.1, 0.15) is 0 Å². The molecule has 92 valence electrons. The topological polar surface area (TPSA) is 55.8 Å². The predicted molar refractivity (Wildman–Crippen MR) is 62.0 cm³/mol. The Labute approximate surface area is 103 Å². The van der Waals surface area contributed by atoms with Crippen molar-refractivity contribution in [2.24, 2.45) is 0 Å². The van der Waals surface area contributed by atoms with Crippen LogP contribution in [0.5, 0.6) is 0 Å². The van der Waals surface area contributed by atoms with E-state index in [-0.39, 0.29) is 12.5 Å². The van der Waals surface area contributed by atoms with Gasteiger partial charge in [0.2, 0.25) is 0 Å². The van der Waals surface area contributed by atoms with E-state index in [9.17, 15) is 9.59 Å². The highest BCUT2D eigenvalue weighted by Crippen LogP contribution is 2.15. The lowest BCUT2D eigenvalue weighted by molar-refractivity contribution is -0.158. The molecule has 0 spiro atoms.